The molecule has 0 saturated carbocycles. The van der Waals surface area contributed by atoms with Crippen LogP contribution in [0.15, 0.2) is 128 Å². The fourth-order valence-electron chi connectivity index (χ4n) is 9.32. The molecule has 8 heteroatoms. The normalized spacial score (nSPS) is 12.6. The average Bonchev–Trinajstić information content (AvgIpc) is 3.99. The molecule has 7 nitrogen and oxygen atoms in total. The summed E-state index contributed by atoms with van der Waals surface area (Å²) in [6.07, 6.45) is 11.8. The van der Waals surface area contributed by atoms with Gasteiger partial charge in [0.2, 0.25) is 0 Å². The molecule has 0 amide bonds. The van der Waals surface area contributed by atoms with Crippen molar-refractivity contribution in [3.8, 4) is 22.3 Å². The largest absolute Gasteiger partial charge is 2.00 e. The van der Waals surface area contributed by atoms with E-state index in [1.807, 2.05) is 24.8 Å². The minimum absolute atomic E-state index is 0. The van der Waals surface area contributed by atoms with E-state index in [0.29, 0.717) is 0 Å². The second kappa shape index (κ2) is 18.4. The zero-order chi connectivity index (χ0) is 46.7. The smallest absolute Gasteiger partial charge is 0.657 e. The van der Waals surface area contributed by atoms with Gasteiger partial charge in [-0.2, -0.15) is 0 Å². The predicted octanol–water partition coefficient (Wildman–Crippen LogP) is 15.1. The minimum Gasteiger partial charge on any atom is -0.657 e. The topological polar surface area (TPSA) is 83.0 Å². The van der Waals surface area contributed by atoms with Gasteiger partial charge in [0.1, 0.15) is 0 Å². The fraction of sp³-hybridized carbons (Fsp3) is 0.167. The third kappa shape index (κ3) is 8.04. The first-order chi connectivity index (χ1) is 32.4. The number of hydrogen-bond donors (Lipinski definition) is 0. The van der Waals surface area contributed by atoms with Gasteiger partial charge in [0.15, 0.2) is 0 Å². The summed E-state index contributed by atoms with van der Waals surface area (Å²) < 4.78 is 0. The molecule has 0 N–H and O–H groups in total. The van der Waals surface area contributed by atoms with Crippen LogP contribution in [0.1, 0.15) is 95.0 Å². The average molecular weight is 936 g/mol. The molecule has 339 valence electrons. The van der Waals surface area contributed by atoms with Crippen molar-refractivity contribution < 1.29 is 17.1 Å². The molecule has 8 aromatic rings. The van der Waals surface area contributed by atoms with Crippen LogP contribution < -0.4 is 14.9 Å². The zero-order valence-corrected chi connectivity index (χ0v) is 41.2. The number of anilines is 3. The van der Waals surface area contributed by atoms with Gasteiger partial charge in [0, 0.05) is 41.8 Å². The van der Waals surface area contributed by atoms with Gasteiger partial charge in [-0.15, -0.1) is 22.1 Å². The van der Waals surface area contributed by atoms with Crippen LogP contribution in [0.25, 0.3) is 78.8 Å². The molecule has 3 aromatic carbocycles. The number of nitrogens with zero attached hydrogens (tertiary/aromatic N) is 7. The first kappa shape index (κ1) is 45.8. The van der Waals surface area contributed by atoms with E-state index < -0.39 is 0 Å². The van der Waals surface area contributed by atoms with Gasteiger partial charge in [0.05, 0.1) is 22.8 Å². The molecule has 2 aliphatic heterocycles. The van der Waals surface area contributed by atoms with Crippen molar-refractivity contribution in [2.45, 2.75) is 69.2 Å². The quantitative estimate of drug-likeness (QED) is 0.147. The number of allylic oxidation sites excluding steroid dienone is 4. The number of benzene rings is 3. The molecule has 0 aliphatic carbocycles. The Hall–Kier alpha value is -7.38. The molecule has 1 radical (unpaired) electrons. The predicted molar refractivity (Wildman–Crippen MR) is 280 cm³/mol. The first-order valence-electron chi connectivity index (χ1n) is 22.9. The number of fused-ring (bicyclic) bond motifs is 8. The summed E-state index contributed by atoms with van der Waals surface area (Å²) in [6.45, 7) is 21.6. The van der Waals surface area contributed by atoms with Crippen molar-refractivity contribution in [2.24, 2.45) is 0 Å². The van der Waals surface area contributed by atoms with E-state index in [2.05, 4.69) is 199 Å². The van der Waals surface area contributed by atoms with Gasteiger partial charge in [0.25, 0.3) is 0 Å². The van der Waals surface area contributed by atoms with Crippen LogP contribution in [-0.2, 0) is 17.1 Å². The van der Waals surface area contributed by atoms with Gasteiger partial charge >= 0.3 is 17.1 Å². The van der Waals surface area contributed by atoms with Crippen LogP contribution in [0.3, 0.4) is 0 Å². The number of rotatable bonds is 7. The monoisotopic (exact) mass is 934 g/mol. The van der Waals surface area contributed by atoms with Crippen molar-refractivity contribution >= 4 is 73.6 Å². The molecule has 0 fully saturated rings. The molecule has 0 saturated heterocycles. The summed E-state index contributed by atoms with van der Waals surface area (Å²) in [4.78, 5) is 33.3. The molecule has 2 aliphatic rings. The van der Waals surface area contributed by atoms with Gasteiger partial charge in [-0.25, -0.2) is 9.97 Å². The fourth-order valence-corrected chi connectivity index (χ4v) is 9.32. The SMILES string of the molecule is CC1=C(C)c2nc1cc1[n-]c(c(C)c1C)c(-c1ccncc1)c1nc(c(/C=C/c3ccc(N(c4ccc(C)cc4)c4ccc(C)cc4)cc3)c3[n-]c(c(C)c3C)c2-c2ccncc2)C(C)=C1C.[Cu+2]. The third-order valence-corrected chi connectivity index (χ3v) is 13.9. The summed E-state index contributed by atoms with van der Waals surface area (Å²) >= 11 is 0. The Kier molecular flexibility index (Phi) is 12.4. The van der Waals surface area contributed by atoms with Crippen molar-refractivity contribution in [1.82, 2.24) is 29.9 Å². The molecule has 7 heterocycles. The summed E-state index contributed by atoms with van der Waals surface area (Å²) in [5.74, 6) is 0. The number of hydrogen-bond acceptors (Lipinski definition) is 5. The Bertz CT molecular complexity index is 3440. The van der Waals surface area contributed by atoms with Gasteiger partial charge in [-0.3, -0.25) is 9.97 Å². The molecular weight excluding hydrogens is 882 g/mol. The van der Waals surface area contributed by atoms with Crippen LogP contribution in [0, 0.1) is 41.5 Å². The van der Waals surface area contributed by atoms with Crippen molar-refractivity contribution in [2.75, 3.05) is 4.90 Å². The second-order valence-electron chi connectivity index (χ2n) is 18.0. The van der Waals surface area contributed by atoms with E-state index in [1.165, 1.54) is 11.1 Å². The molecule has 0 atom stereocenters. The number of aromatic nitrogens is 6. The van der Waals surface area contributed by atoms with Gasteiger partial charge in [-0.1, -0.05) is 88.0 Å². The van der Waals surface area contributed by atoms with E-state index in [1.54, 1.807) is 0 Å². The Balaban J connectivity index is 0.00000578. The first-order valence-corrected chi connectivity index (χ1v) is 22.9. The van der Waals surface area contributed by atoms with E-state index in [-0.39, 0.29) is 17.1 Å². The van der Waals surface area contributed by atoms with E-state index in [0.717, 1.165) is 140 Å². The minimum atomic E-state index is 0. The van der Waals surface area contributed by atoms with Crippen LogP contribution in [0.5, 0.6) is 0 Å². The third-order valence-electron chi connectivity index (χ3n) is 13.9. The molecule has 0 spiro atoms. The Morgan fingerprint density at radius 3 is 1.41 bits per heavy atom. The van der Waals surface area contributed by atoms with E-state index in [9.17, 15) is 0 Å². The van der Waals surface area contributed by atoms with Crippen molar-refractivity contribution in [3.05, 3.63) is 195 Å². The number of aryl methyl sites for hydroxylation is 6. The molecular formula is C60H53CuN7. The summed E-state index contributed by atoms with van der Waals surface area (Å²) in [6, 6.07) is 36.6. The zero-order valence-electron chi connectivity index (χ0n) is 40.2. The van der Waals surface area contributed by atoms with Crippen LogP contribution in [-0.4, -0.2) is 19.9 Å². The van der Waals surface area contributed by atoms with Crippen molar-refractivity contribution in [1.29, 1.82) is 0 Å². The molecule has 68 heavy (non-hydrogen) atoms. The number of pyridine rings is 2. The second-order valence-corrected chi connectivity index (χ2v) is 18.0. The Morgan fingerprint density at radius 2 is 0.868 bits per heavy atom. The van der Waals surface area contributed by atoms with Crippen LogP contribution >= 0.6 is 0 Å². The molecule has 10 rings (SSSR count). The van der Waals surface area contributed by atoms with Crippen molar-refractivity contribution in [3.63, 3.8) is 0 Å². The standard InChI is InChI=1S/C60H53N7.Cu/c1-34-11-18-47(19-12-34)67(48-20-13-35(2)14-21-48)49-22-15-44(16-23-49)17-24-50-55-40(7)42(9)59(65-55)53(45-25-29-61-30-26-45)57-38(5)36(3)51(63-57)33-52-37(4)39(6)58(64-52)54(46-27-31-62-32-28-46)60-43(10)41(8)56(50)66-60;/h11-33H,1-10H3;/q-2;+2/b24-17+,51-33?,52-33?,55-50?,56-50?,57-53?,58-54?,59-53?,60-54?;. The summed E-state index contributed by atoms with van der Waals surface area (Å²) in [5, 5.41) is 0. The Labute approximate surface area is 410 Å². The maximum Gasteiger partial charge on any atom is 2.00 e. The maximum absolute atomic E-state index is 5.66. The van der Waals surface area contributed by atoms with E-state index in [4.69, 9.17) is 19.9 Å². The van der Waals surface area contributed by atoms with Crippen LogP contribution in [0.4, 0.5) is 17.1 Å². The Morgan fingerprint density at radius 1 is 0.426 bits per heavy atom. The maximum atomic E-state index is 5.66. The summed E-state index contributed by atoms with van der Waals surface area (Å²) in [5.41, 5.74) is 27.7. The molecule has 0 unspecified atom stereocenters. The molecule has 8 bridgehead atoms. The summed E-state index contributed by atoms with van der Waals surface area (Å²) in [7, 11) is 0. The van der Waals surface area contributed by atoms with Crippen LogP contribution in [0.2, 0.25) is 0 Å². The van der Waals surface area contributed by atoms with Gasteiger partial charge in [-0.05, 0) is 186 Å². The molecule has 5 aromatic heterocycles. The van der Waals surface area contributed by atoms with Gasteiger partial charge < -0.3 is 14.9 Å². The van der Waals surface area contributed by atoms with E-state index >= 15 is 0 Å².